The van der Waals surface area contributed by atoms with E-state index in [0.29, 0.717) is 0 Å². The van der Waals surface area contributed by atoms with Gasteiger partial charge in [0, 0.05) is 12.4 Å². The molecule has 0 radical (unpaired) electrons. The molecule has 6 nitrogen and oxygen atoms in total. The van der Waals surface area contributed by atoms with E-state index >= 15 is 0 Å². The number of rotatable bonds is 3. The van der Waals surface area contributed by atoms with Gasteiger partial charge in [0.05, 0.1) is 16.8 Å². The van der Waals surface area contributed by atoms with Gasteiger partial charge in [-0.25, -0.2) is 9.50 Å². The summed E-state index contributed by atoms with van der Waals surface area (Å²) in [5, 5.41) is 14.7. The van der Waals surface area contributed by atoms with Crippen LogP contribution in [0.3, 0.4) is 0 Å². The Hall–Kier alpha value is -3.07. The monoisotopic (exact) mass is 434 g/mol. The predicted molar refractivity (Wildman–Crippen MR) is 90.1 cm³/mol. The normalized spacial score (nSPS) is 13.3. The lowest BCUT2D eigenvalue weighted by Crippen LogP contribution is -2.33. The van der Waals surface area contributed by atoms with E-state index in [1.165, 1.54) is 0 Å². The van der Waals surface area contributed by atoms with Crippen LogP contribution in [0.4, 0.5) is 32.2 Å². The van der Waals surface area contributed by atoms with Crippen LogP contribution in [-0.2, 0) is 6.18 Å². The lowest BCUT2D eigenvalue weighted by molar-refractivity contribution is -0.138. The van der Waals surface area contributed by atoms with Gasteiger partial charge in [-0.2, -0.15) is 31.6 Å². The van der Waals surface area contributed by atoms with Crippen molar-refractivity contribution in [1.29, 1.82) is 5.26 Å². The Morgan fingerprint density at radius 2 is 1.93 bits per heavy atom. The SMILES string of the molecule is C[C@H](Nc1nn2cc(-c3ncccc3C(F)(F)F)c(Cl)nc2c1C#N)C(F)(F)F. The molecule has 0 spiro atoms. The molecule has 0 amide bonds. The van der Waals surface area contributed by atoms with Gasteiger partial charge in [-0.05, 0) is 19.1 Å². The smallest absolute Gasteiger partial charge is 0.356 e. The fourth-order valence-corrected chi connectivity index (χ4v) is 2.67. The minimum atomic E-state index is -4.74. The second kappa shape index (κ2) is 7.07. The highest BCUT2D eigenvalue weighted by Gasteiger charge is 2.37. The number of halogens is 7. The standard InChI is InChI=1S/C16H9ClF6N6/c1-7(15(18,19)20)26-13-8(5-24)14-27-12(17)9(6-29(14)28-13)11-10(16(21,22)23)3-2-4-25-11/h2-4,6-7H,1H3,(H,26,28)/t7-/m0/s1. The molecule has 0 aliphatic heterocycles. The molecule has 0 aliphatic carbocycles. The Labute approximate surface area is 163 Å². The molecule has 0 saturated heterocycles. The van der Waals surface area contributed by atoms with Gasteiger partial charge in [-0.15, -0.1) is 5.10 Å². The maximum absolute atomic E-state index is 13.3. The van der Waals surface area contributed by atoms with Gasteiger partial charge in [-0.1, -0.05) is 11.6 Å². The lowest BCUT2D eigenvalue weighted by atomic mass is 10.1. The van der Waals surface area contributed by atoms with Crippen molar-refractivity contribution in [2.75, 3.05) is 5.32 Å². The van der Waals surface area contributed by atoms with E-state index in [2.05, 4.69) is 15.1 Å². The fraction of sp³-hybridized carbons (Fsp3) is 0.250. The first-order valence-electron chi connectivity index (χ1n) is 7.78. The number of anilines is 1. The summed E-state index contributed by atoms with van der Waals surface area (Å²) in [5.41, 5.74) is -2.44. The Kier molecular flexibility index (Phi) is 5.04. The number of alkyl halides is 6. The topological polar surface area (TPSA) is 78.9 Å². The quantitative estimate of drug-likeness (QED) is 0.477. The highest BCUT2D eigenvalue weighted by molar-refractivity contribution is 6.32. The molecule has 0 bridgehead atoms. The Balaban J connectivity index is 2.18. The van der Waals surface area contributed by atoms with Crippen LogP contribution in [0.5, 0.6) is 0 Å². The summed E-state index contributed by atoms with van der Waals surface area (Å²) < 4.78 is 79.1. The molecule has 1 N–H and O–H groups in total. The minimum Gasteiger partial charge on any atom is -0.356 e. The van der Waals surface area contributed by atoms with Crippen LogP contribution in [0, 0.1) is 11.3 Å². The summed E-state index contributed by atoms with van der Waals surface area (Å²) >= 11 is 6.01. The Bertz CT molecular complexity index is 1110. The molecule has 3 aromatic heterocycles. The molecule has 152 valence electrons. The lowest BCUT2D eigenvalue weighted by Gasteiger charge is -2.16. The van der Waals surface area contributed by atoms with Crippen molar-refractivity contribution in [1.82, 2.24) is 19.6 Å². The van der Waals surface area contributed by atoms with Crippen LogP contribution in [0.15, 0.2) is 24.5 Å². The Morgan fingerprint density at radius 1 is 1.24 bits per heavy atom. The van der Waals surface area contributed by atoms with Crippen LogP contribution < -0.4 is 5.32 Å². The van der Waals surface area contributed by atoms with Crippen molar-refractivity contribution >= 4 is 23.1 Å². The third kappa shape index (κ3) is 3.91. The largest absolute Gasteiger partial charge is 0.418 e. The Morgan fingerprint density at radius 3 is 2.52 bits per heavy atom. The summed E-state index contributed by atoms with van der Waals surface area (Å²) in [6, 6.07) is 1.52. The molecule has 0 fully saturated rings. The number of pyridine rings is 1. The first-order chi connectivity index (χ1) is 13.4. The number of aromatic nitrogens is 4. The molecule has 3 heterocycles. The highest BCUT2D eigenvalue weighted by atomic mass is 35.5. The van der Waals surface area contributed by atoms with Crippen molar-refractivity contribution in [3.8, 4) is 17.3 Å². The second-order valence-electron chi connectivity index (χ2n) is 5.85. The number of nitrogens with one attached hydrogen (secondary N) is 1. The van der Waals surface area contributed by atoms with Gasteiger partial charge >= 0.3 is 12.4 Å². The molecule has 1 atom stereocenters. The van der Waals surface area contributed by atoms with Gasteiger partial charge in [0.1, 0.15) is 22.8 Å². The molecule has 0 aliphatic rings. The molecule has 0 saturated carbocycles. The van der Waals surface area contributed by atoms with Crippen molar-refractivity contribution in [2.24, 2.45) is 0 Å². The van der Waals surface area contributed by atoms with E-state index in [1.807, 2.05) is 5.32 Å². The van der Waals surface area contributed by atoms with Gasteiger partial charge in [0.2, 0.25) is 0 Å². The molecule has 13 heteroatoms. The van der Waals surface area contributed by atoms with E-state index in [9.17, 15) is 31.6 Å². The maximum Gasteiger partial charge on any atom is 0.418 e. The molecule has 3 rings (SSSR count). The minimum absolute atomic E-state index is 0.220. The van der Waals surface area contributed by atoms with Crippen molar-refractivity contribution in [3.63, 3.8) is 0 Å². The van der Waals surface area contributed by atoms with Gasteiger partial charge < -0.3 is 5.32 Å². The number of fused-ring (bicyclic) bond motifs is 1. The number of hydrogen-bond acceptors (Lipinski definition) is 5. The highest BCUT2D eigenvalue weighted by Crippen LogP contribution is 2.38. The molecule has 0 unspecified atom stereocenters. The first kappa shape index (κ1) is 20.7. The van der Waals surface area contributed by atoms with E-state index in [-0.39, 0.29) is 16.8 Å². The molecule has 29 heavy (non-hydrogen) atoms. The van der Waals surface area contributed by atoms with Gasteiger partial charge in [-0.3, -0.25) is 4.98 Å². The van der Waals surface area contributed by atoms with Crippen molar-refractivity contribution < 1.29 is 26.3 Å². The summed E-state index contributed by atoms with van der Waals surface area (Å²) in [7, 11) is 0. The van der Waals surface area contributed by atoms with Gasteiger partial charge in [0.15, 0.2) is 11.5 Å². The van der Waals surface area contributed by atoms with Crippen LogP contribution in [0.25, 0.3) is 16.9 Å². The van der Waals surface area contributed by atoms with Crippen LogP contribution >= 0.6 is 11.6 Å². The summed E-state index contributed by atoms with van der Waals surface area (Å²) in [6.07, 6.45) is -7.22. The van der Waals surface area contributed by atoms with Gasteiger partial charge in [0.25, 0.3) is 0 Å². The average molecular weight is 435 g/mol. The fourth-order valence-electron chi connectivity index (χ4n) is 2.45. The third-order valence-corrected chi connectivity index (χ3v) is 4.18. The van der Waals surface area contributed by atoms with E-state index < -0.39 is 40.6 Å². The van der Waals surface area contributed by atoms with E-state index in [1.54, 1.807) is 6.07 Å². The maximum atomic E-state index is 13.3. The van der Waals surface area contributed by atoms with Crippen LogP contribution in [-0.4, -0.2) is 31.8 Å². The molecule has 3 aromatic rings. The molecular weight excluding hydrogens is 426 g/mol. The van der Waals surface area contributed by atoms with Crippen LogP contribution in [0.2, 0.25) is 5.15 Å². The summed E-state index contributed by atoms with van der Waals surface area (Å²) in [4.78, 5) is 7.55. The van der Waals surface area contributed by atoms with Crippen molar-refractivity contribution in [2.45, 2.75) is 25.3 Å². The van der Waals surface area contributed by atoms with E-state index in [4.69, 9.17) is 11.6 Å². The van der Waals surface area contributed by atoms with Crippen LogP contribution in [0.1, 0.15) is 18.1 Å². The van der Waals surface area contributed by atoms with Crippen molar-refractivity contribution in [3.05, 3.63) is 40.8 Å². The summed E-state index contributed by atoms with van der Waals surface area (Å²) in [5.74, 6) is -0.435. The average Bonchev–Trinajstić information content (AvgIpc) is 2.95. The first-order valence-corrected chi connectivity index (χ1v) is 8.16. The zero-order valence-electron chi connectivity index (χ0n) is 14.3. The summed E-state index contributed by atoms with van der Waals surface area (Å²) in [6.45, 7) is 0.820. The van der Waals surface area contributed by atoms with E-state index in [0.717, 1.165) is 36.0 Å². The number of hydrogen-bond donors (Lipinski definition) is 1. The second-order valence-corrected chi connectivity index (χ2v) is 6.21. The molecular formula is C16H9ClF6N6. The predicted octanol–water partition coefficient (Wildman–Crippen LogP) is 4.70. The number of nitriles is 1. The third-order valence-electron chi connectivity index (χ3n) is 3.89. The zero-order valence-corrected chi connectivity index (χ0v) is 15.0. The zero-order chi connectivity index (χ0) is 21.6. The number of nitrogens with zero attached hydrogens (tertiary/aromatic N) is 5. The molecule has 0 aromatic carbocycles.